The summed E-state index contributed by atoms with van der Waals surface area (Å²) in [4.78, 5) is 22.8. The first-order valence-corrected chi connectivity index (χ1v) is 4.85. The minimum absolute atomic E-state index is 0.284. The van der Waals surface area contributed by atoms with Crippen LogP contribution in [0.4, 0.5) is 0 Å². The maximum absolute atomic E-state index is 11.4. The molecular weight excluding hydrogens is 202 g/mol. The van der Waals surface area contributed by atoms with Gasteiger partial charge in [-0.2, -0.15) is 0 Å². The Morgan fingerprint density at radius 2 is 2.07 bits per heavy atom. The van der Waals surface area contributed by atoms with Gasteiger partial charge in [-0.1, -0.05) is 0 Å². The smallest absolute Gasteiger partial charge is 0.266 e. The molecule has 0 radical (unpaired) electrons. The summed E-state index contributed by atoms with van der Waals surface area (Å²) in [6.45, 7) is 0. The number of aromatic amines is 2. The van der Waals surface area contributed by atoms with E-state index in [1.54, 1.807) is 6.07 Å². The van der Waals surface area contributed by atoms with Crippen molar-refractivity contribution in [1.29, 1.82) is 0 Å². The largest absolute Gasteiger partial charge is 0.345 e. The molecule has 0 atom stereocenters. The SMILES string of the molecule is O=c1[nH][nH]c(=O)n2c1cc1sccc12. The Balaban J connectivity index is 2.82. The predicted molar refractivity (Wildman–Crippen MR) is 54.0 cm³/mol. The monoisotopic (exact) mass is 207 g/mol. The van der Waals surface area contributed by atoms with Gasteiger partial charge in [0.25, 0.3) is 5.56 Å². The molecule has 3 aromatic rings. The second-order valence-corrected chi connectivity index (χ2v) is 3.87. The first-order valence-electron chi connectivity index (χ1n) is 3.97. The molecular formula is C8H5N3O2S. The Hall–Kier alpha value is -1.82. The number of rotatable bonds is 0. The van der Waals surface area contributed by atoms with Gasteiger partial charge in [0.15, 0.2) is 0 Å². The van der Waals surface area contributed by atoms with Crippen molar-refractivity contribution >= 4 is 27.1 Å². The molecule has 0 saturated heterocycles. The average Bonchev–Trinajstić information content (AvgIpc) is 2.70. The van der Waals surface area contributed by atoms with Gasteiger partial charge in [0.05, 0.1) is 10.2 Å². The first kappa shape index (κ1) is 7.57. The lowest BCUT2D eigenvalue weighted by atomic mass is 10.5. The number of nitrogens with zero attached hydrogens (tertiary/aromatic N) is 1. The number of hydrogen-bond acceptors (Lipinski definition) is 3. The van der Waals surface area contributed by atoms with Gasteiger partial charge in [0.1, 0.15) is 5.52 Å². The third-order valence-corrected chi connectivity index (χ3v) is 2.99. The molecule has 5 nitrogen and oxygen atoms in total. The molecule has 0 aliphatic rings. The first-order chi connectivity index (χ1) is 6.77. The maximum atomic E-state index is 11.4. The molecule has 0 aliphatic carbocycles. The van der Waals surface area contributed by atoms with Crippen LogP contribution in [0, 0.1) is 0 Å². The summed E-state index contributed by atoms with van der Waals surface area (Å²) >= 11 is 1.50. The second-order valence-electron chi connectivity index (χ2n) is 2.92. The van der Waals surface area contributed by atoms with Crippen molar-refractivity contribution in [3.05, 3.63) is 38.4 Å². The molecule has 0 unspecified atom stereocenters. The molecule has 14 heavy (non-hydrogen) atoms. The van der Waals surface area contributed by atoms with E-state index in [0.717, 1.165) is 10.2 Å². The molecule has 0 saturated carbocycles. The summed E-state index contributed by atoms with van der Waals surface area (Å²) in [5.41, 5.74) is 0.550. The average molecular weight is 207 g/mol. The van der Waals surface area contributed by atoms with E-state index in [1.165, 1.54) is 15.7 Å². The summed E-state index contributed by atoms with van der Waals surface area (Å²) in [5, 5.41) is 6.46. The van der Waals surface area contributed by atoms with E-state index in [9.17, 15) is 9.59 Å². The summed E-state index contributed by atoms with van der Waals surface area (Å²) in [5.74, 6) is 0. The highest BCUT2D eigenvalue weighted by atomic mass is 32.1. The highest BCUT2D eigenvalue weighted by molar-refractivity contribution is 7.17. The van der Waals surface area contributed by atoms with E-state index >= 15 is 0 Å². The van der Waals surface area contributed by atoms with Crippen LogP contribution in [0.5, 0.6) is 0 Å². The van der Waals surface area contributed by atoms with E-state index in [0.29, 0.717) is 5.52 Å². The Morgan fingerprint density at radius 1 is 1.21 bits per heavy atom. The van der Waals surface area contributed by atoms with Crippen molar-refractivity contribution < 1.29 is 0 Å². The molecule has 0 bridgehead atoms. The van der Waals surface area contributed by atoms with Gasteiger partial charge < -0.3 is 0 Å². The molecule has 0 aliphatic heterocycles. The van der Waals surface area contributed by atoms with Crippen LogP contribution in [-0.2, 0) is 0 Å². The molecule has 3 rings (SSSR count). The van der Waals surface area contributed by atoms with Crippen LogP contribution < -0.4 is 11.2 Å². The van der Waals surface area contributed by atoms with Gasteiger partial charge in [-0.05, 0) is 17.5 Å². The molecule has 6 heteroatoms. The van der Waals surface area contributed by atoms with Crippen molar-refractivity contribution in [3.63, 3.8) is 0 Å². The Labute approximate surface area is 80.6 Å². The fourth-order valence-electron chi connectivity index (χ4n) is 1.54. The van der Waals surface area contributed by atoms with Crippen molar-refractivity contribution in [2.45, 2.75) is 0 Å². The highest BCUT2D eigenvalue weighted by Gasteiger charge is 2.08. The number of nitrogens with one attached hydrogen (secondary N) is 2. The normalized spacial score (nSPS) is 11.4. The van der Waals surface area contributed by atoms with E-state index in [4.69, 9.17) is 0 Å². The van der Waals surface area contributed by atoms with Gasteiger partial charge in [-0.25, -0.2) is 9.89 Å². The van der Waals surface area contributed by atoms with Gasteiger partial charge in [0, 0.05) is 0 Å². The summed E-state index contributed by atoms with van der Waals surface area (Å²) in [6, 6.07) is 3.54. The lowest BCUT2D eigenvalue weighted by molar-refractivity contribution is 0.878. The molecule has 0 aromatic carbocycles. The molecule has 2 N–H and O–H groups in total. The quantitative estimate of drug-likeness (QED) is 0.564. The van der Waals surface area contributed by atoms with Crippen LogP contribution in [0.25, 0.3) is 15.7 Å². The van der Waals surface area contributed by atoms with Gasteiger partial charge >= 0.3 is 5.69 Å². The molecule has 70 valence electrons. The maximum Gasteiger partial charge on any atom is 0.345 e. The highest BCUT2D eigenvalue weighted by Crippen LogP contribution is 2.21. The third kappa shape index (κ3) is 0.779. The zero-order valence-corrected chi connectivity index (χ0v) is 7.72. The predicted octanol–water partition coefficient (Wildman–Crippen LogP) is 0.531. The molecule has 3 aromatic heterocycles. The van der Waals surface area contributed by atoms with Gasteiger partial charge in [-0.15, -0.1) is 11.3 Å². The second kappa shape index (κ2) is 2.36. The van der Waals surface area contributed by atoms with E-state index in [1.807, 2.05) is 11.4 Å². The van der Waals surface area contributed by atoms with Gasteiger partial charge in [0.2, 0.25) is 0 Å². The van der Waals surface area contributed by atoms with Crippen LogP contribution in [-0.4, -0.2) is 14.6 Å². The zero-order chi connectivity index (χ0) is 9.71. The number of fused-ring (bicyclic) bond motifs is 3. The standard InChI is InChI=1S/C8H5N3O2S/c12-7-5-3-6-4(1-2-14-6)11(5)8(13)10-9-7/h1-3H,(H,9,12)(H,10,13). The van der Waals surface area contributed by atoms with E-state index in [-0.39, 0.29) is 11.2 Å². The minimum atomic E-state index is -0.326. The van der Waals surface area contributed by atoms with Crippen molar-refractivity contribution in [2.24, 2.45) is 0 Å². The summed E-state index contributed by atoms with van der Waals surface area (Å²) < 4.78 is 2.32. The molecule has 0 amide bonds. The van der Waals surface area contributed by atoms with Crippen LogP contribution in [0.3, 0.4) is 0 Å². The molecule has 0 fully saturated rings. The van der Waals surface area contributed by atoms with Crippen molar-refractivity contribution in [2.75, 3.05) is 0 Å². The fourth-order valence-corrected chi connectivity index (χ4v) is 2.34. The van der Waals surface area contributed by atoms with Crippen LogP contribution in [0.2, 0.25) is 0 Å². The minimum Gasteiger partial charge on any atom is -0.266 e. The van der Waals surface area contributed by atoms with Crippen molar-refractivity contribution in [1.82, 2.24) is 14.6 Å². The van der Waals surface area contributed by atoms with Gasteiger partial charge in [-0.3, -0.25) is 14.3 Å². The number of H-pyrrole nitrogens is 2. The van der Waals surface area contributed by atoms with E-state index < -0.39 is 0 Å². The van der Waals surface area contributed by atoms with Crippen LogP contribution in [0.15, 0.2) is 27.1 Å². The van der Waals surface area contributed by atoms with Crippen LogP contribution >= 0.6 is 11.3 Å². The topological polar surface area (TPSA) is 70.1 Å². The number of aromatic nitrogens is 3. The number of thiophene rings is 1. The van der Waals surface area contributed by atoms with Crippen molar-refractivity contribution in [3.8, 4) is 0 Å². The molecule has 3 heterocycles. The summed E-state index contributed by atoms with van der Waals surface area (Å²) in [7, 11) is 0. The number of hydrogen-bond donors (Lipinski definition) is 2. The zero-order valence-electron chi connectivity index (χ0n) is 6.90. The Bertz CT molecular complexity index is 730. The lowest BCUT2D eigenvalue weighted by Crippen LogP contribution is -2.25. The van der Waals surface area contributed by atoms with E-state index in [2.05, 4.69) is 10.2 Å². The summed E-state index contributed by atoms with van der Waals surface area (Å²) in [6.07, 6.45) is 0. The van der Waals surface area contributed by atoms with Crippen LogP contribution in [0.1, 0.15) is 0 Å². The lowest BCUT2D eigenvalue weighted by Gasteiger charge is -1.91. The fraction of sp³-hybridized carbons (Fsp3) is 0. The Kier molecular flexibility index (Phi) is 1.27. The third-order valence-electron chi connectivity index (χ3n) is 2.14. The molecule has 0 spiro atoms. The Morgan fingerprint density at radius 3 is 2.93 bits per heavy atom.